The Morgan fingerprint density at radius 2 is 1.82 bits per heavy atom. The lowest BCUT2D eigenvalue weighted by Crippen LogP contribution is -2.52. The number of carbonyl (C=O) groups excluding carboxylic acids is 1. The minimum Gasteiger partial charge on any atom is -0.488 e. The van der Waals surface area contributed by atoms with Gasteiger partial charge in [0.15, 0.2) is 0 Å². The van der Waals surface area contributed by atoms with E-state index in [0.717, 1.165) is 17.0 Å². The number of amides is 1. The van der Waals surface area contributed by atoms with Gasteiger partial charge in [0.05, 0.1) is 5.56 Å². The van der Waals surface area contributed by atoms with Gasteiger partial charge in [0.2, 0.25) is 0 Å². The van der Waals surface area contributed by atoms with Crippen LogP contribution >= 0.6 is 11.3 Å². The molecule has 12 heteroatoms. The van der Waals surface area contributed by atoms with Crippen LogP contribution in [0.15, 0.2) is 41.8 Å². The van der Waals surface area contributed by atoms with Gasteiger partial charge in [-0.25, -0.2) is 23.2 Å². The van der Waals surface area contributed by atoms with E-state index in [1.54, 1.807) is 4.90 Å². The molecule has 3 N–H and O–H groups in total. The number of aliphatic carboxylic acids is 2. The highest BCUT2D eigenvalue weighted by Gasteiger charge is 2.25. The Labute approximate surface area is 198 Å². The topological polar surface area (TPSA) is 125 Å². The summed E-state index contributed by atoms with van der Waals surface area (Å²) in [6, 6.07) is 5.93. The lowest BCUT2D eigenvalue weighted by atomic mass is 10.2. The van der Waals surface area contributed by atoms with Crippen molar-refractivity contribution in [3.05, 3.63) is 63.9 Å². The van der Waals surface area contributed by atoms with Gasteiger partial charge >= 0.3 is 18.0 Å². The summed E-state index contributed by atoms with van der Waals surface area (Å²) in [4.78, 5) is 33.7. The molecule has 1 aromatic heterocycles. The maximum absolute atomic E-state index is 14.2. The molecule has 1 aliphatic heterocycles. The second-order valence-corrected chi connectivity index (χ2v) is 8.08. The molecule has 184 valence electrons. The van der Waals surface area contributed by atoms with Crippen LogP contribution in [-0.2, 0) is 27.5 Å². The minimum absolute atomic E-state index is 0.0287. The SMILES string of the molecule is CC1CNCCN1C(=O)OCc1c(F)cc(OCc2cccs2)cc1F.O=C(O)C=CC(=O)O. The summed E-state index contributed by atoms with van der Waals surface area (Å²) in [5.74, 6) is -4.02. The zero-order valence-corrected chi connectivity index (χ0v) is 19.0. The van der Waals surface area contributed by atoms with Crippen molar-refractivity contribution >= 4 is 29.4 Å². The van der Waals surface area contributed by atoms with Crippen molar-refractivity contribution in [1.82, 2.24) is 10.2 Å². The van der Waals surface area contributed by atoms with E-state index in [1.807, 2.05) is 24.4 Å². The summed E-state index contributed by atoms with van der Waals surface area (Å²) in [6.45, 7) is 3.49. The number of carboxylic acids is 2. The van der Waals surface area contributed by atoms with E-state index >= 15 is 0 Å². The zero-order valence-electron chi connectivity index (χ0n) is 18.2. The average Bonchev–Trinajstić information content (AvgIpc) is 3.30. The number of rotatable bonds is 7. The molecule has 2 heterocycles. The van der Waals surface area contributed by atoms with E-state index in [0.29, 0.717) is 31.8 Å². The van der Waals surface area contributed by atoms with E-state index in [2.05, 4.69) is 5.32 Å². The molecule has 3 rings (SSSR count). The highest BCUT2D eigenvalue weighted by atomic mass is 32.1. The predicted molar refractivity (Wildman–Crippen MR) is 119 cm³/mol. The number of nitrogens with one attached hydrogen (secondary N) is 1. The third kappa shape index (κ3) is 8.79. The first-order valence-corrected chi connectivity index (χ1v) is 11.0. The van der Waals surface area contributed by atoms with Gasteiger partial charge in [0.25, 0.3) is 0 Å². The fourth-order valence-corrected chi connectivity index (χ4v) is 3.44. The number of hydrogen-bond acceptors (Lipinski definition) is 7. The summed E-state index contributed by atoms with van der Waals surface area (Å²) in [7, 11) is 0. The quantitative estimate of drug-likeness (QED) is 0.497. The van der Waals surface area contributed by atoms with Crippen molar-refractivity contribution < 1.29 is 42.9 Å². The molecule has 34 heavy (non-hydrogen) atoms. The Balaban J connectivity index is 0.000000440. The first kappa shape index (κ1) is 26.7. The number of carbonyl (C=O) groups is 3. The molecule has 1 aromatic carbocycles. The molecule has 0 spiro atoms. The maximum atomic E-state index is 14.2. The Hall–Kier alpha value is -3.51. The Kier molecular flexibility index (Phi) is 10.4. The Bertz CT molecular complexity index is 976. The van der Waals surface area contributed by atoms with Gasteiger partial charge < -0.3 is 29.9 Å². The monoisotopic (exact) mass is 498 g/mol. The highest BCUT2D eigenvalue weighted by molar-refractivity contribution is 7.09. The normalized spacial score (nSPS) is 15.4. The highest BCUT2D eigenvalue weighted by Crippen LogP contribution is 2.23. The molecule has 1 unspecified atom stereocenters. The molecule has 1 fully saturated rings. The Morgan fingerprint density at radius 3 is 2.35 bits per heavy atom. The lowest BCUT2D eigenvalue weighted by Gasteiger charge is -2.33. The van der Waals surface area contributed by atoms with E-state index in [-0.39, 0.29) is 24.0 Å². The number of benzene rings is 1. The molecule has 0 radical (unpaired) electrons. The third-order valence-corrected chi connectivity index (χ3v) is 5.37. The summed E-state index contributed by atoms with van der Waals surface area (Å²) in [6.07, 6.45) is 0.542. The van der Waals surface area contributed by atoms with Gasteiger partial charge in [0.1, 0.15) is 30.6 Å². The van der Waals surface area contributed by atoms with Crippen LogP contribution in [0.3, 0.4) is 0 Å². The largest absolute Gasteiger partial charge is 0.488 e. The summed E-state index contributed by atoms with van der Waals surface area (Å²) < 4.78 is 38.9. The number of thiophene rings is 1. The molecule has 1 amide bonds. The van der Waals surface area contributed by atoms with E-state index in [9.17, 15) is 23.2 Å². The van der Waals surface area contributed by atoms with Crippen LogP contribution in [0.1, 0.15) is 17.4 Å². The van der Waals surface area contributed by atoms with Crippen molar-refractivity contribution in [2.45, 2.75) is 26.2 Å². The second-order valence-electron chi connectivity index (χ2n) is 7.04. The molecule has 1 saturated heterocycles. The fraction of sp³-hybridized carbons (Fsp3) is 0.318. The number of nitrogens with zero attached hydrogens (tertiary/aromatic N) is 1. The molecule has 0 saturated carbocycles. The van der Waals surface area contributed by atoms with Crippen molar-refractivity contribution in [3.8, 4) is 5.75 Å². The van der Waals surface area contributed by atoms with Gasteiger partial charge in [-0.15, -0.1) is 11.3 Å². The van der Waals surface area contributed by atoms with Crippen LogP contribution < -0.4 is 10.1 Å². The summed E-state index contributed by atoms with van der Waals surface area (Å²) in [5, 5.41) is 20.7. The number of carboxylic acid groups (broad SMARTS) is 2. The lowest BCUT2D eigenvalue weighted by molar-refractivity contribution is -0.134. The van der Waals surface area contributed by atoms with Gasteiger partial charge in [0, 0.05) is 54.8 Å². The first-order chi connectivity index (χ1) is 16.2. The number of halogens is 2. The van der Waals surface area contributed by atoms with E-state index in [4.69, 9.17) is 19.7 Å². The van der Waals surface area contributed by atoms with Crippen molar-refractivity contribution in [1.29, 1.82) is 0 Å². The maximum Gasteiger partial charge on any atom is 0.410 e. The van der Waals surface area contributed by atoms with E-state index in [1.165, 1.54) is 11.3 Å². The van der Waals surface area contributed by atoms with Crippen LogP contribution in [0.25, 0.3) is 0 Å². The number of ether oxygens (including phenoxy) is 2. The molecular weight excluding hydrogens is 474 g/mol. The van der Waals surface area contributed by atoms with Gasteiger partial charge in [-0.3, -0.25) is 0 Å². The van der Waals surface area contributed by atoms with Crippen molar-refractivity contribution in [3.63, 3.8) is 0 Å². The molecule has 2 aromatic rings. The van der Waals surface area contributed by atoms with Crippen LogP contribution in [0.5, 0.6) is 5.75 Å². The van der Waals surface area contributed by atoms with Crippen molar-refractivity contribution in [2.75, 3.05) is 19.6 Å². The smallest absolute Gasteiger partial charge is 0.410 e. The third-order valence-electron chi connectivity index (χ3n) is 4.52. The van der Waals surface area contributed by atoms with E-state index < -0.39 is 36.3 Å². The molecule has 0 bridgehead atoms. The van der Waals surface area contributed by atoms with Crippen LogP contribution in [0.4, 0.5) is 13.6 Å². The van der Waals surface area contributed by atoms with Gasteiger partial charge in [-0.1, -0.05) is 6.07 Å². The molecule has 9 nitrogen and oxygen atoms in total. The summed E-state index contributed by atoms with van der Waals surface area (Å²) >= 11 is 1.50. The molecular formula is C22H24F2N2O7S. The fourth-order valence-electron chi connectivity index (χ4n) is 2.82. The number of hydrogen-bond donors (Lipinski definition) is 3. The van der Waals surface area contributed by atoms with Crippen LogP contribution in [0.2, 0.25) is 0 Å². The van der Waals surface area contributed by atoms with Gasteiger partial charge in [-0.2, -0.15) is 0 Å². The zero-order chi connectivity index (χ0) is 25.1. The molecule has 1 aliphatic rings. The Morgan fingerprint density at radius 1 is 1.18 bits per heavy atom. The molecule has 0 aliphatic carbocycles. The number of piperazine rings is 1. The second kappa shape index (κ2) is 13.3. The van der Waals surface area contributed by atoms with Crippen LogP contribution in [0, 0.1) is 11.6 Å². The standard InChI is InChI=1S/C18H20F2N2O3S.C4H4O4/c1-12-9-21-4-5-22(12)18(23)25-11-15-16(19)7-13(8-17(15)20)24-10-14-3-2-6-26-14;5-3(6)1-2-4(7)8/h2-3,6-8,12,21H,4-5,9-11H2,1H3;1-2H,(H,5,6)(H,7,8). The minimum atomic E-state index is -1.26. The van der Waals surface area contributed by atoms with Gasteiger partial charge in [-0.05, 0) is 18.4 Å². The molecule has 1 atom stereocenters. The van der Waals surface area contributed by atoms with Crippen molar-refractivity contribution in [2.24, 2.45) is 0 Å². The predicted octanol–water partition coefficient (Wildman–Crippen LogP) is 3.25. The first-order valence-electron chi connectivity index (χ1n) is 10.1. The summed E-state index contributed by atoms with van der Waals surface area (Å²) in [5.41, 5.74) is -0.287. The average molecular weight is 499 g/mol. The van der Waals surface area contributed by atoms with Crippen LogP contribution in [-0.4, -0.2) is 58.8 Å².